The predicted octanol–water partition coefficient (Wildman–Crippen LogP) is 5.06. The highest BCUT2D eigenvalue weighted by Crippen LogP contribution is 2.21. The number of para-hydroxylation sites is 1. The van der Waals surface area contributed by atoms with Crippen LogP contribution >= 0.6 is 11.6 Å². The summed E-state index contributed by atoms with van der Waals surface area (Å²) in [6.45, 7) is 0.356. The molecule has 0 aromatic heterocycles. The number of aromatic carboxylic acids is 1. The lowest BCUT2D eigenvalue weighted by Crippen LogP contribution is -2.00. The molecule has 0 spiro atoms. The van der Waals surface area contributed by atoms with Crippen LogP contribution in [0.2, 0.25) is 5.02 Å². The number of nitrogens with zero attached hydrogens (tertiary/aromatic N) is 1. The number of hydrogen-bond donors (Lipinski definition) is 2. The molecule has 5 nitrogen and oxygen atoms in total. The molecule has 0 aliphatic heterocycles. The molecule has 0 aliphatic carbocycles. The molecule has 0 fully saturated rings. The normalized spacial score (nSPS) is 10.7. The van der Waals surface area contributed by atoms with Gasteiger partial charge >= 0.3 is 5.97 Å². The van der Waals surface area contributed by atoms with E-state index in [0.717, 1.165) is 11.1 Å². The van der Waals surface area contributed by atoms with E-state index in [1.807, 2.05) is 48.5 Å². The zero-order chi connectivity index (χ0) is 19.1. The first-order valence-corrected chi connectivity index (χ1v) is 8.59. The molecule has 0 amide bonds. The number of hydrogen-bond acceptors (Lipinski definition) is 4. The maximum atomic E-state index is 10.9. The molecule has 0 aliphatic rings. The van der Waals surface area contributed by atoms with Gasteiger partial charge in [0.1, 0.15) is 12.4 Å². The molecule has 3 aromatic rings. The minimum Gasteiger partial charge on any atom is -0.488 e. The molecule has 0 atom stereocenters. The summed E-state index contributed by atoms with van der Waals surface area (Å²) >= 11 is 6.16. The van der Waals surface area contributed by atoms with Crippen molar-refractivity contribution in [3.63, 3.8) is 0 Å². The van der Waals surface area contributed by atoms with Gasteiger partial charge in [0, 0.05) is 16.1 Å². The second kappa shape index (κ2) is 8.87. The minimum absolute atomic E-state index is 0.225. The fourth-order valence-electron chi connectivity index (χ4n) is 2.35. The van der Waals surface area contributed by atoms with Gasteiger partial charge in [0.15, 0.2) is 0 Å². The molecule has 3 aromatic carbocycles. The van der Waals surface area contributed by atoms with Gasteiger partial charge < -0.3 is 9.84 Å². The Bertz CT molecular complexity index is 956. The van der Waals surface area contributed by atoms with Crippen molar-refractivity contribution >= 4 is 29.5 Å². The molecule has 0 radical (unpaired) electrons. The SMILES string of the molecule is O=C(O)c1ccc(N/N=C\c2ccccc2OCc2ccccc2Cl)cc1. The number of nitrogens with one attached hydrogen (secondary N) is 1. The number of anilines is 1. The van der Waals surface area contributed by atoms with Crippen molar-refractivity contribution in [1.82, 2.24) is 0 Å². The van der Waals surface area contributed by atoms with Crippen LogP contribution in [0.4, 0.5) is 5.69 Å². The average Bonchev–Trinajstić information content (AvgIpc) is 2.69. The lowest BCUT2D eigenvalue weighted by atomic mass is 10.2. The van der Waals surface area contributed by atoms with E-state index in [-0.39, 0.29) is 5.56 Å². The van der Waals surface area contributed by atoms with Crippen LogP contribution in [-0.4, -0.2) is 17.3 Å². The minimum atomic E-state index is -0.963. The molecule has 2 N–H and O–H groups in total. The van der Waals surface area contributed by atoms with Crippen LogP contribution in [0.1, 0.15) is 21.5 Å². The lowest BCUT2D eigenvalue weighted by molar-refractivity contribution is 0.0697. The van der Waals surface area contributed by atoms with Crippen LogP contribution in [0.5, 0.6) is 5.75 Å². The van der Waals surface area contributed by atoms with Crippen molar-refractivity contribution < 1.29 is 14.6 Å². The van der Waals surface area contributed by atoms with E-state index in [2.05, 4.69) is 10.5 Å². The summed E-state index contributed by atoms with van der Waals surface area (Å²) in [5, 5.41) is 13.8. The molecule has 0 heterocycles. The molecule has 0 bridgehead atoms. The van der Waals surface area contributed by atoms with Crippen LogP contribution in [0, 0.1) is 0 Å². The Morgan fingerprint density at radius 3 is 2.48 bits per heavy atom. The third-order valence-electron chi connectivity index (χ3n) is 3.79. The number of rotatable bonds is 7. The second-order valence-electron chi connectivity index (χ2n) is 5.67. The summed E-state index contributed by atoms with van der Waals surface area (Å²) in [6, 6.07) is 21.4. The fraction of sp³-hybridized carbons (Fsp3) is 0.0476. The van der Waals surface area contributed by atoms with Crippen molar-refractivity contribution in [1.29, 1.82) is 0 Å². The van der Waals surface area contributed by atoms with Crippen LogP contribution in [0.25, 0.3) is 0 Å². The Morgan fingerprint density at radius 1 is 1.04 bits per heavy atom. The number of hydrazone groups is 1. The molecule has 6 heteroatoms. The van der Waals surface area contributed by atoms with Crippen molar-refractivity contribution in [2.24, 2.45) is 5.10 Å². The van der Waals surface area contributed by atoms with Crippen LogP contribution in [0.3, 0.4) is 0 Å². The molecule has 27 heavy (non-hydrogen) atoms. The Labute approximate surface area is 161 Å². The number of carboxylic acids is 1. The first-order valence-electron chi connectivity index (χ1n) is 8.21. The zero-order valence-corrected chi connectivity index (χ0v) is 15.1. The number of halogens is 1. The van der Waals surface area contributed by atoms with Gasteiger partial charge in [-0.15, -0.1) is 0 Å². The number of benzene rings is 3. The van der Waals surface area contributed by atoms with E-state index in [0.29, 0.717) is 23.1 Å². The summed E-state index contributed by atoms with van der Waals surface area (Å²) in [4.78, 5) is 10.9. The lowest BCUT2D eigenvalue weighted by Gasteiger charge is -2.10. The number of carbonyl (C=O) groups is 1. The molecule has 0 unspecified atom stereocenters. The Hall–Kier alpha value is -3.31. The third kappa shape index (κ3) is 5.09. The van der Waals surface area contributed by atoms with Gasteiger partial charge in [-0.3, -0.25) is 5.43 Å². The maximum absolute atomic E-state index is 10.9. The van der Waals surface area contributed by atoms with Gasteiger partial charge in [-0.05, 0) is 42.5 Å². The molecular formula is C21H17ClN2O3. The summed E-state index contributed by atoms with van der Waals surface area (Å²) in [5.74, 6) is -0.279. The fourth-order valence-corrected chi connectivity index (χ4v) is 2.54. The average molecular weight is 381 g/mol. The summed E-state index contributed by atoms with van der Waals surface area (Å²) < 4.78 is 5.88. The van der Waals surface area contributed by atoms with E-state index in [9.17, 15) is 4.79 Å². The predicted molar refractivity (Wildman–Crippen MR) is 107 cm³/mol. The van der Waals surface area contributed by atoms with Gasteiger partial charge in [-0.1, -0.05) is 41.9 Å². The highest BCUT2D eigenvalue weighted by Gasteiger charge is 2.04. The van der Waals surface area contributed by atoms with E-state index < -0.39 is 5.97 Å². The molecule has 0 saturated carbocycles. The molecule has 0 saturated heterocycles. The van der Waals surface area contributed by atoms with E-state index in [4.69, 9.17) is 21.4 Å². The van der Waals surface area contributed by atoms with E-state index >= 15 is 0 Å². The molecule has 3 rings (SSSR count). The van der Waals surface area contributed by atoms with Crippen LogP contribution in [-0.2, 0) is 6.61 Å². The van der Waals surface area contributed by atoms with Crippen molar-refractivity contribution in [2.45, 2.75) is 6.61 Å². The van der Waals surface area contributed by atoms with Gasteiger partial charge in [0.2, 0.25) is 0 Å². The van der Waals surface area contributed by atoms with Crippen LogP contribution in [0.15, 0.2) is 77.9 Å². The Kier molecular flexibility index (Phi) is 6.07. The van der Waals surface area contributed by atoms with E-state index in [1.165, 1.54) is 12.1 Å². The quantitative estimate of drug-likeness (QED) is 0.443. The Balaban J connectivity index is 1.65. The summed E-state index contributed by atoms with van der Waals surface area (Å²) in [5.41, 5.74) is 5.49. The highest BCUT2D eigenvalue weighted by molar-refractivity contribution is 6.31. The topological polar surface area (TPSA) is 70.9 Å². The first-order chi connectivity index (χ1) is 13.1. The van der Waals surface area contributed by atoms with Crippen molar-refractivity contribution in [3.05, 3.63) is 94.5 Å². The summed E-state index contributed by atoms with van der Waals surface area (Å²) in [7, 11) is 0. The first kappa shape index (κ1) is 18.5. The third-order valence-corrected chi connectivity index (χ3v) is 4.16. The zero-order valence-electron chi connectivity index (χ0n) is 14.3. The smallest absolute Gasteiger partial charge is 0.335 e. The maximum Gasteiger partial charge on any atom is 0.335 e. The number of ether oxygens (including phenoxy) is 1. The van der Waals surface area contributed by atoms with Gasteiger partial charge in [-0.25, -0.2) is 4.79 Å². The van der Waals surface area contributed by atoms with Crippen LogP contribution < -0.4 is 10.2 Å². The monoisotopic (exact) mass is 380 g/mol. The summed E-state index contributed by atoms with van der Waals surface area (Å²) in [6.07, 6.45) is 1.65. The highest BCUT2D eigenvalue weighted by atomic mass is 35.5. The van der Waals surface area contributed by atoms with E-state index in [1.54, 1.807) is 18.3 Å². The van der Waals surface area contributed by atoms with Crippen molar-refractivity contribution in [2.75, 3.05) is 5.43 Å². The largest absolute Gasteiger partial charge is 0.488 e. The van der Waals surface area contributed by atoms with Gasteiger partial charge in [0.05, 0.1) is 17.5 Å². The van der Waals surface area contributed by atoms with Crippen molar-refractivity contribution in [3.8, 4) is 5.75 Å². The van der Waals surface area contributed by atoms with Gasteiger partial charge in [0.25, 0.3) is 0 Å². The number of carboxylic acid groups (broad SMARTS) is 1. The molecular weight excluding hydrogens is 364 g/mol. The Morgan fingerprint density at radius 2 is 1.74 bits per heavy atom. The molecule has 136 valence electrons. The standard InChI is InChI=1S/C21H17ClN2O3/c22-19-7-3-1-6-17(19)14-27-20-8-4-2-5-16(20)13-23-24-18-11-9-15(10-12-18)21(25)26/h1-13,24H,14H2,(H,25,26)/b23-13-. The second-order valence-corrected chi connectivity index (χ2v) is 6.08. The van der Waals surface area contributed by atoms with Gasteiger partial charge in [-0.2, -0.15) is 5.10 Å².